The second-order valence-electron chi connectivity index (χ2n) is 5.82. The summed E-state index contributed by atoms with van der Waals surface area (Å²) < 4.78 is 0. The number of hydrogen-bond acceptors (Lipinski definition) is 2. The highest BCUT2D eigenvalue weighted by Gasteiger charge is 2.26. The van der Waals surface area contributed by atoms with E-state index in [4.69, 9.17) is 5.73 Å². The van der Waals surface area contributed by atoms with E-state index >= 15 is 0 Å². The third-order valence-electron chi connectivity index (χ3n) is 4.28. The van der Waals surface area contributed by atoms with E-state index in [9.17, 15) is 4.79 Å². The van der Waals surface area contributed by atoms with Gasteiger partial charge < -0.3 is 10.6 Å². The predicted octanol–water partition coefficient (Wildman–Crippen LogP) is 3.12. The Morgan fingerprint density at radius 1 is 1.05 bits per heavy atom. The Balaban J connectivity index is 1.99. The zero-order valence-corrected chi connectivity index (χ0v) is 12.4. The van der Waals surface area contributed by atoms with E-state index in [1.807, 2.05) is 42.2 Å². The smallest absolute Gasteiger partial charge is 0.227 e. The Morgan fingerprint density at radius 3 is 2.20 bits per heavy atom. The second kappa shape index (κ2) is 7.44. The number of benzene rings is 1. The lowest BCUT2D eigenvalue weighted by Gasteiger charge is -2.30. The number of rotatable bonds is 3. The molecule has 0 bridgehead atoms. The minimum atomic E-state index is -0.214. The van der Waals surface area contributed by atoms with E-state index in [0.717, 1.165) is 31.5 Å². The van der Waals surface area contributed by atoms with Crippen molar-refractivity contribution in [2.75, 3.05) is 13.1 Å². The summed E-state index contributed by atoms with van der Waals surface area (Å²) in [6.45, 7) is 3.74. The predicted molar refractivity (Wildman–Crippen MR) is 82.2 cm³/mol. The van der Waals surface area contributed by atoms with Gasteiger partial charge in [0.25, 0.3) is 0 Å². The maximum absolute atomic E-state index is 12.6. The van der Waals surface area contributed by atoms with Crippen LogP contribution in [-0.2, 0) is 4.79 Å². The maximum Gasteiger partial charge on any atom is 0.227 e. The Kier molecular flexibility index (Phi) is 5.60. The molecular weight excluding hydrogens is 248 g/mol. The Morgan fingerprint density at radius 2 is 1.60 bits per heavy atom. The minimum absolute atomic E-state index is 0.156. The fraction of sp³-hybridized carbons (Fsp3) is 0.588. The van der Waals surface area contributed by atoms with Crippen LogP contribution in [0.3, 0.4) is 0 Å². The average molecular weight is 274 g/mol. The molecule has 2 rings (SSSR count). The lowest BCUT2D eigenvalue weighted by atomic mass is 9.93. The van der Waals surface area contributed by atoms with E-state index in [0.29, 0.717) is 0 Å². The van der Waals surface area contributed by atoms with Crippen molar-refractivity contribution in [1.29, 1.82) is 0 Å². The van der Waals surface area contributed by atoms with Crippen LogP contribution in [0.15, 0.2) is 30.3 Å². The van der Waals surface area contributed by atoms with Gasteiger partial charge in [0.1, 0.15) is 0 Å². The second-order valence-corrected chi connectivity index (χ2v) is 5.82. The van der Waals surface area contributed by atoms with Crippen molar-refractivity contribution < 1.29 is 4.79 Å². The number of carbonyl (C=O) groups is 1. The third kappa shape index (κ3) is 3.83. The lowest BCUT2D eigenvalue weighted by Crippen LogP contribution is -2.40. The van der Waals surface area contributed by atoms with Gasteiger partial charge in [0.15, 0.2) is 0 Å². The maximum atomic E-state index is 12.6. The number of amides is 1. The van der Waals surface area contributed by atoms with Gasteiger partial charge in [-0.25, -0.2) is 0 Å². The van der Waals surface area contributed by atoms with Crippen molar-refractivity contribution in [3.05, 3.63) is 35.9 Å². The Labute approximate surface area is 122 Å². The standard InChI is InChI=1S/C17H26N2O/c1-14(16(18)15-10-6-5-7-11-15)17(20)19-12-8-3-2-4-9-13-19/h5-7,10-11,14,16H,2-4,8-9,12-13,18H2,1H3/t14-,16-/m1/s1. The highest BCUT2D eigenvalue weighted by Crippen LogP contribution is 2.22. The first-order valence-electron chi connectivity index (χ1n) is 7.79. The molecule has 1 amide bonds. The molecule has 0 radical (unpaired) electrons. The molecule has 1 fully saturated rings. The highest BCUT2D eigenvalue weighted by atomic mass is 16.2. The van der Waals surface area contributed by atoms with Crippen LogP contribution in [0.2, 0.25) is 0 Å². The van der Waals surface area contributed by atoms with E-state index in [-0.39, 0.29) is 17.9 Å². The molecular formula is C17H26N2O. The normalized spacial score (nSPS) is 19.8. The van der Waals surface area contributed by atoms with Gasteiger partial charge in [-0.2, -0.15) is 0 Å². The summed E-state index contributed by atoms with van der Waals surface area (Å²) in [6, 6.07) is 9.71. The largest absolute Gasteiger partial charge is 0.342 e. The fourth-order valence-electron chi connectivity index (χ4n) is 2.87. The zero-order chi connectivity index (χ0) is 14.4. The van der Waals surface area contributed by atoms with Crippen LogP contribution in [0.1, 0.15) is 50.6 Å². The van der Waals surface area contributed by atoms with Crippen molar-refractivity contribution in [2.24, 2.45) is 11.7 Å². The third-order valence-corrected chi connectivity index (χ3v) is 4.28. The number of nitrogens with two attached hydrogens (primary N) is 1. The lowest BCUT2D eigenvalue weighted by molar-refractivity contribution is -0.136. The molecule has 2 atom stereocenters. The molecule has 0 aromatic heterocycles. The summed E-state index contributed by atoms with van der Waals surface area (Å²) in [5.74, 6) is 0.0556. The molecule has 0 aliphatic carbocycles. The molecule has 1 saturated heterocycles. The summed E-state index contributed by atoms with van der Waals surface area (Å²) in [6.07, 6.45) is 6.03. The monoisotopic (exact) mass is 274 g/mol. The summed E-state index contributed by atoms with van der Waals surface area (Å²) in [7, 11) is 0. The van der Waals surface area contributed by atoms with E-state index in [1.54, 1.807) is 0 Å². The molecule has 0 spiro atoms. The SMILES string of the molecule is C[C@@H](C(=O)N1CCCCCCC1)[C@@H](N)c1ccccc1. The molecule has 0 unspecified atom stereocenters. The van der Waals surface area contributed by atoms with Gasteiger partial charge in [0.05, 0.1) is 5.92 Å². The quantitative estimate of drug-likeness (QED) is 0.920. The van der Waals surface area contributed by atoms with Gasteiger partial charge in [-0.15, -0.1) is 0 Å². The molecule has 0 saturated carbocycles. The van der Waals surface area contributed by atoms with Crippen LogP contribution in [0.4, 0.5) is 0 Å². The van der Waals surface area contributed by atoms with Gasteiger partial charge in [-0.3, -0.25) is 4.79 Å². The summed E-state index contributed by atoms with van der Waals surface area (Å²) >= 11 is 0. The minimum Gasteiger partial charge on any atom is -0.342 e. The first kappa shape index (κ1) is 15.0. The van der Waals surface area contributed by atoms with Crippen molar-refractivity contribution in [3.63, 3.8) is 0 Å². The number of carbonyl (C=O) groups excluding carboxylic acids is 1. The topological polar surface area (TPSA) is 46.3 Å². The molecule has 2 N–H and O–H groups in total. The van der Waals surface area contributed by atoms with Crippen molar-refractivity contribution in [3.8, 4) is 0 Å². The Hall–Kier alpha value is -1.35. The van der Waals surface area contributed by atoms with Crippen LogP contribution < -0.4 is 5.73 Å². The van der Waals surface area contributed by atoms with Crippen molar-refractivity contribution in [2.45, 2.75) is 45.1 Å². The molecule has 3 heteroatoms. The van der Waals surface area contributed by atoms with Gasteiger partial charge in [-0.1, -0.05) is 56.5 Å². The van der Waals surface area contributed by atoms with Gasteiger partial charge >= 0.3 is 0 Å². The van der Waals surface area contributed by atoms with Crippen LogP contribution in [-0.4, -0.2) is 23.9 Å². The molecule has 1 aliphatic heterocycles. The number of hydrogen-bond donors (Lipinski definition) is 1. The zero-order valence-electron chi connectivity index (χ0n) is 12.4. The highest BCUT2D eigenvalue weighted by molar-refractivity contribution is 5.79. The molecule has 1 aromatic rings. The molecule has 20 heavy (non-hydrogen) atoms. The number of likely N-dealkylation sites (tertiary alicyclic amines) is 1. The summed E-state index contributed by atoms with van der Waals surface area (Å²) in [4.78, 5) is 14.6. The van der Waals surface area contributed by atoms with Gasteiger partial charge in [-0.05, 0) is 18.4 Å². The van der Waals surface area contributed by atoms with E-state index < -0.39 is 0 Å². The van der Waals surface area contributed by atoms with Gasteiger partial charge in [0.2, 0.25) is 5.91 Å². The first-order chi connectivity index (χ1) is 9.70. The summed E-state index contributed by atoms with van der Waals surface area (Å²) in [5, 5.41) is 0. The van der Waals surface area contributed by atoms with Crippen LogP contribution in [0.5, 0.6) is 0 Å². The van der Waals surface area contributed by atoms with Gasteiger partial charge in [0, 0.05) is 19.1 Å². The molecule has 1 heterocycles. The Bertz CT molecular complexity index is 410. The molecule has 1 aliphatic rings. The van der Waals surface area contributed by atoms with E-state index in [2.05, 4.69) is 0 Å². The molecule has 3 nitrogen and oxygen atoms in total. The van der Waals surface area contributed by atoms with Crippen LogP contribution in [0, 0.1) is 5.92 Å². The van der Waals surface area contributed by atoms with Crippen LogP contribution >= 0.6 is 0 Å². The average Bonchev–Trinajstić information content (AvgIpc) is 2.46. The molecule has 110 valence electrons. The number of nitrogens with zero attached hydrogens (tertiary/aromatic N) is 1. The first-order valence-corrected chi connectivity index (χ1v) is 7.79. The van der Waals surface area contributed by atoms with Crippen molar-refractivity contribution >= 4 is 5.91 Å². The van der Waals surface area contributed by atoms with Crippen LogP contribution in [0.25, 0.3) is 0 Å². The summed E-state index contributed by atoms with van der Waals surface area (Å²) in [5.41, 5.74) is 7.31. The molecule has 1 aromatic carbocycles. The van der Waals surface area contributed by atoms with Crippen molar-refractivity contribution in [1.82, 2.24) is 4.90 Å². The fourth-order valence-corrected chi connectivity index (χ4v) is 2.87. The van der Waals surface area contributed by atoms with E-state index in [1.165, 1.54) is 19.3 Å².